The van der Waals surface area contributed by atoms with Crippen LogP contribution in [0, 0.1) is 0 Å². The average Bonchev–Trinajstić information content (AvgIpc) is 2.74. The topological polar surface area (TPSA) is 84.5 Å². The van der Waals surface area contributed by atoms with Gasteiger partial charge in [-0.2, -0.15) is 5.10 Å². The monoisotopic (exact) mass is 379 g/mol. The van der Waals surface area contributed by atoms with Gasteiger partial charge in [0.1, 0.15) is 17.2 Å². The second-order valence-electron chi connectivity index (χ2n) is 6.16. The number of carbonyl (C=O) groups is 1. The van der Waals surface area contributed by atoms with Crippen molar-refractivity contribution in [3.05, 3.63) is 87.8 Å². The molecule has 0 spiro atoms. The molecule has 0 radical (unpaired) electrons. The molecule has 28 heavy (non-hydrogen) atoms. The standard InChI is InChI=1S/C21H21N3O4/c1-27-17-7-3-15(4-8-17)13-24(14-16-5-9-18(28-2)10-6-16)21(26)19-11-12-20(25)23-22-19/h3-12H,13-14H2,1-2H3,(H,23,25). The highest BCUT2D eigenvalue weighted by molar-refractivity contribution is 5.92. The Balaban J connectivity index is 1.85. The Labute approximate surface area is 162 Å². The van der Waals surface area contributed by atoms with E-state index >= 15 is 0 Å². The lowest BCUT2D eigenvalue weighted by molar-refractivity contribution is 0.0722. The van der Waals surface area contributed by atoms with E-state index in [1.165, 1.54) is 12.1 Å². The lowest BCUT2D eigenvalue weighted by Gasteiger charge is -2.23. The van der Waals surface area contributed by atoms with E-state index < -0.39 is 0 Å². The van der Waals surface area contributed by atoms with E-state index in [4.69, 9.17) is 9.47 Å². The van der Waals surface area contributed by atoms with Gasteiger partial charge in [0.05, 0.1) is 14.2 Å². The number of ether oxygens (including phenoxy) is 2. The van der Waals surface area contributed by atoms with E-state index in [1.807, 2.05) is 48.5 Å². The number of benzene rings is 2. The fraction of sp³-hybridized carbons (Fsp3) is 0.190. The lowest BCUT2D eigenvalue weighted by atomic mass is 10.1. The summed E-state index contributed by atoms with van der Waals surface area (Å²) in [4.78, 5) is 25.9. The predicted octanol–water partition coefficient (Wildman–Crippen LogP) is 2.63. The second kappa shape index (κ2) is 8.85. The van der Waals surface area contributed by atoms with Crippen molar-refractivity contribution in [3.8, 4) is 11.5 Å². The van der Waals surface area contributed by atoms with Gasteiger partial charge < -0.3 is 14.4 Å². The summed E-state index contributed by atoms with van der Waals surface area (Å²) in [7, 11) is 3.21. The van der Waals surface area contributed by atoms with Crippen LogP contribution < -0.4 is 15.0 Å². The highest BCUT2D eigenvalue weighted by atomic mass is 16.5. The molecule has 3 aromatic rings. The minimum absolute atomic E-state index is 0.182. The molecule has 7 heteroatoms. The number of aromatic nitrogens is 2. The van der Waals surface area contributed by atoms with Gasteiger partial charge in [-0.25, -0.2) is 5.10 Å². The number of hydrogen-bond donors (Lipinski definition) is 1. The molecule has 0 bridgehead atoms. The molecule has 0 fully saturated rings. The Morgan fingerprint density at radius 1 is 0.857 bits per heavy atom. The maximum Gasteiger partial charge on any atom is 0.274 e. The van der Waals surface area contributed by atoms with E-state index in [2.05, 4.69) is 10.2 Å². The molecule has 1 amide bonds. The van der Waals surface area contributed by atoms with Crippen LogP contribution in [0.2, 0.25) is 0 Å². The number of aromatic amines is 1. The third-order valence-corrected chi connectivity index (χ3v) is 4.25. The third kappa shape index (κ3) is 4.76. The Morgan fingerprint density at radius 2 is 1.36 bits per heavy atom. The van der Waals surface area contributed by atoms with Gasteiger partial charge in [0.25, 0.3) is 11.5 Å². The van der Waals surface area contributed by atoms with Crippen LogP contribution in [0.5, 0.6) is 11.5 Å². The number of nitrogens with one attached hydrogen (secondary N) is 1. The summed E-state index contributed by atoms with van der Waals surface area (Å²) in [6, 6.07) is 17.8. The van der Waals surface area contributed by atoms with E-state index in [-0.39, 0.29) is 17.2 Å². The zero-order valence-corrected chi connectivity index (χ0v) is 15.7. The second-order valence-corrected chi connectivity index (χ2v) is 6.16. The number of nitrogens with zero attached hydrogens (tertiary/aromatic N) is 2. The molecule has 7 nitrogen and oxygen atoms in total. The van der Waals surface area contributed by atoms with E-state index in [0.29, 0.717) is 13.1 Å². The van der Waals surface area contributed by atoms with Crippen molar-refractivity contribution >= 4 is 5.91 Å². The Hall–Kier alpha value is -3.61. The first kappa shape index (κ1) is 19.2. The van der Waals surface area contributed by atoms with Crippen molar-refractivity contribution in [1.82, 2.24) is 15.1 Å². The first-order valence-corrected chi connectivity index (χ1v) is 8.70. The Kier molecular flexibility index (Phi) is 6.06. The summed E-state index contributed by atoms with van der Waals surface area (Å²) in [6.45, 7) is 0.769. The Bertz CT molecular complexity index is 912. The zero-order chi connectivity index (χ0) is 19.9. The van der Waals surface area contributed by atoms with Gasteiger partial charge in [-0.15, -0.1) is 0 Å². The average molecular weight is 379 g/mol. The number of carbonyl (C=O) groups excluding carboxylic acids is 1. The molecule has 0 saturated heterocycles. The molecule has 0 saturated carbocycles. The van der Waals surface area contributed by atoms with Crippen LogP contribution in [0.1, 0.15) is 21.6 Å². The van der Waals surface area contributed by atoms with Crippen LogP contribution in [0.4, 0.5) is 0 Å². The quantitative estimate of drug-likeness (QED) is 0.682. The van der Waals surface area contributed by atoms with Crippen LogP contribution in [-0.2, 0) is 13.1 Å². The highest BCUT2D eigenvalue weighted by Crippen LogP contribution is 2.18. The zero-order valence-electron chi connectivity index (χ0n) is 15.7. The predicted molar refractivity (Wildman–Crippen MR) is 104 cm³/mol. The van der Waals surface area contributed by atoms with Gasteiger partial charge in [-0.3, -0.25) is 9.59 Å². The molecule has 0 unspecified atom stereocenters. The minimum atomic E-state index is -0.353. The van der Waals surface area contributed by atoms with Gasteiger partial charge in [0.15, 0.2) is 0 Å². The van der Waals surface area contributed by atoms with Gasteiger partial charge in [-0.05, 0) is 41.5 Å². The molecular weight excluding hydrogens is 358 g/mol. The number of hydrogen-bond acceptors (Lipinski definition) is 5. The molecule has 0 aliphatic rings. The van der Waals surface area contributed by atoms with Gasteiger partial charge >= 0.3 is 0 Å². The number of amides is 1. The number of H-pyrrole nitrogens is 1. The van der Waals surface area contributed by atoms with Crippen molar-refractivity contribution in [1.29, 1.82) is 0 Å². The van der Waals surface area contributed by atoms with Crippen molar-refractivity contribution in [2.75, 3.05) is 14.2 Å². The van der Waals surface area contributed by atoms with Crippen LogP contribution in [0.3, 0.4) is 0 Å². The van der Waals surface area contributed by atoms with Gasteiger partial charge in [0, 0.05) is 19.2 Å². The van der Waals surface area contributed by atoms with Crippen molar-refractivity contribution < 1.29 is 14.3 Å². The molecule has 1 aromatic heterocycles. The summed E-state index contributed by atoms with van der Waals surface area (Å²) in [5.41, 5.74) is 1.73. The lowest BCUT2D eigenvalue weighted by Crippen LogP contribution is -2.31. The van der Waals surface area contributed by atoms with Crippen LogP contribution in [0.15, 0.2) is 65.5 Å². The van der Waals surface area contributed by atoms with Crippen LogP contribution in [-0.4, -0.2) is 35.2 Å². The van der Waals surface area contributed by atoms with Crippen molar-refractivity contribution in [2.24, 2.45) is 0 Å². The third-order valence-electron chi connectivity index (χ3n) is 4.25. The van der Waals surface area contributed by atoms with E-state index in [0.717, 1.165) is 22.6 Å². The molecule has 2 aromatic carbocycles. The van der Waals surface area contributed by atoms with Crippen molar-refractivity contribution in [3.63, 3.8) is 0 Å². The van der Waals surface area contributed by atoms with Crippen molar-refractivity contribution in [2.45, 2.75) is 13.1 Å². The largest absolute Gasteiger partial charge is 0.497 e. The molecule has 0 aliphatic carbocycles. The highest BCUT2D eigenvalue weighted by Gasteiger charge is 2.18. The maximum atomic E-state index is 13.0. The first-order valence-electron chi connectivity index (χ1n) is 8.70. The minimum Gasteiger partial charge on any atom is -0.497 e. The SMILES string of the molecule is COc1ccc(CN(Cc2ccc(OC)cc2)C(=O)c2ccc(=O)[nH]n2)cc1. The summed E-state index contributed by atoms with van der Waals surface area (Å²) in [6.07, 6.45) is 0. The van der Waals surface area contributed by atoms with Crippen LogP contribution >= 0.6 is 0 Å². The molecule has 0 aliphatic heterocycles. The van der Waals surface area contributed by atoms with Gasteiger partial charge in [0.2, 0.25) is 0 Å². The molecule has 0 atom stereocenters. The molecular formula is C21H21N3O4. The molecule has 1 N–H and O–H groups in total. The molecule has 1 heterocycles. The fourth-order valence-electron chi connectivity index (χ4n) is 2.73. The number of rotatable bonds is 7. The van der Waals surface area contributed by atoms with Crippen LogP contribution in [0.25, 0.3) is 0 Å². The first-order chi connectivity index (χ1) is 13.6. The summed E-state index contributed by atoms with van der Waals surface area (Å²) in [5.74, 6) is 1.22. The normalized spacial score (nSPS) is 10.4. The summed E-state index contributed by atoms with van der Waals surface area (Å²) >= 11 is 0. The summed E-state index contributed by atoms with van der Waals surface area (Å²) < 4.78 is 10.4. The maximum absolute atomic E-state index is 13.0. The molecule has 144 valence electrons. The fourth-order valence-corrected chi connectivity index (χ4v) is 2.73. The Morgan fingerprint density at radius 3 is 1.75 bits per heavy atom. The smallest absolute Gasteiger partial charge is 0.274 e. The van der Waals surface area contributed by atoms with Gasteiger partial charge in [-0.1, -0.05) is 24.3 Å². The van der Waals surface area contributed by atoms with E-state index in [9.17, 15) is 9.59 Å². The number of methoxy groups -OCH3 is 2. The summed E-state index contributed by atoms with van der Waals surface area (Å²) in [5, 5.41) is 6.18. The molecule has 3 rings (SSSR count). The van der Waals surface area contributed by atoms with E-state index in [1.54, 1.807) is 19.1 Å².